The van der Waals surface area contributed by atoms with E-state index in [9.17, 15) is 4.79 Å². The van der Waals surface area contributed by atoms with Crippen molar-refractivity contribution in [1.29, 1.82) is 0 Å². The van der Waals surface area contributed by atoms with Crippen LogP contribution in [0, 0.1) is 0 Å². The maximum absolute atomic E-state index is 12.7. The first kappa shape index (κ1) is 16.1. The van der Waals surface area contributed by atoms with E-state index in [-0.39, 0.29) is 5.91 Å². The Labute approximate surface area is 148 Å². The highest BCUT2D eigenvalue weighted by Crippen LogP contribution is 2.38. The average molecular weight is 362 g/mol. The number of rotatable bonds is 3. The topological polar surface area (TPSA) is 29.5 Å². The van der Waals surface area contributed by atoms with Gasteiger partial charge in [-0.25, -0.2) is 0 Å². The molecule has 0 saturated carbocycles. The zero-order chi connectivity index (χ0) is 16.4. The van der Waals surface area contributed by atoms with Crippen molar-refractivity contribution < 1.29 is 9.53 Å². The molecule has 3 rings (SSSR count). The van der Waals surface area contributed by atoms with E-state index in [1.807, 2.05) is 42.5 Å². The van der Waals surface area contributed by atoms with Crippen molar-refractivity contribution in [2.45, 2.75) is 0 Å². The summed E-state index contributed by atoms with van der Waals surface area (Å²) in [5, 5.41) is 0.495. The monoisotopic (exact) mass is 361 g/mol. The number of thioether (sulfide) groups is 1. The Kier molecular flexibility index (Phi) is 4.71. The molecule has 0 N–H and O–H groups in total. The molecule has 1 aliphatic rings. The quantitative estimate of drug-likeness (QED) is 0.582. The summed E-state index contributed by atoms with van der Waals surface area (Å²) in [6.07, 6.45) is 1.82. The highest BCUT2D eigenvalue weighted by molar-refractivity contribution is 8.27. The van der Waals surface area contributed by atoms with Crippen molar-refractivity contribution in [3.8, 4) is 5.75 Å². The van der Waals surface area contributed by atoms with Crippen LogP contribution in [0.1, 0.15) is 5.56 Å². The molecule has 0 atom stereocenters. The van der Waals surface area contributed by atoms with Gasteiger partial charge in [0, 0.05) is 0 Å². The van der Waals surface area contributed by atoms with Crippen LogP contribution in [0.3, 0.4) is 0 Å². The summed E-state index contributed by atoms with van der Waals surface area (Å²) < 4.78 is 5.60. The summed E-state index contributed by atoms with van der Waals surface area (Å²) in [6, 6.07) is 14.6. The predicted molar refractivity (Wildman–Crippen MR) is 100 cm³/mol. The number of benzene rings is 2. The molecular weight excluding hydrogens is 350 g/mol. The molecule has 1 aliphatic heterocycles. The number of nitrogens with zero attached hydrogens (tertiary/aromatic N) is 1. The number of anilines is 1. The summed E-state index contributed by atoms with van der Waals surface area (Å²) >= 11 is 12.8. The molecule has 0 unspecified atom stereocenters. The molecule has 1 saturated heterocycles. The molecule has 0 spiro atoms. The Morgan fingerprint density at radius 3 is 2.52 bits per heavy atom. The molecule has 2 aromatic carbocycles. The van der Waals surface area contributed by atoms with Gasteiger partial charge in [0.15, 0.2) is 4.32 Å². The van der Waals surface area contributed by atoms with Crippen molar-refractivity contribution in [2.75, 3.05) is 12.0 Å². The smallest absolute Gasteiger partial charge is 0.270 e. The van der Waals surface area contributed by atoms with E-state index in [1.165, 1.54) is 16.7 Å². The molecule has 116 valence electrons. The van der Waals surface area contributed by atoms with E-state index in [2.05, 4.69) is 0 Å². The Morgan fingerprint density at radius 2 is 1.87 bits per heavy atom. The van der Waals surface area contributed by atoms with Crippen molar-refractivity contribution >= 4 is 57.6 Å². The molecule has 1 amide bonds. The Bertz CT molecular complexity index is 802. The fourth-order valence-corrected chi connectivity index (χ4v) is 3.67. The molecule has 0 aromatic heterocycles. The van der Waals surface area contributed by atoms with Crippen LogP contribution in [0.2, 0.25) is 5.02 Å². The molecule has 23 heavy (non-hydrogen) atoms. The van der Waals surface area contributed by atoms with E-state index in [1.54, 1.807) is 19.2 Å². The second kappa shape index (κ2) is 6.74. The second-order valence-electron chi connectivity index (χ2n) is 4.74. The SMILES string of the molecule is COc1ccc(/C=C2/SC(=S)N(c3ccccc3Cl)C2=O)cc1. The van der Waals surface area contributed by atoms with Gasteiger partial charge in [-0.3, -0.25) is 9.69 Å². The zero-order valence-corrected chi connectivity index (χ0v) is 14.5. The minimum absolute atomic E-state index is 0.163. The lowest BCUT2D eigenvalue weighted by Gasteiger charge is -2.15. The molecule has 1 heterocycles. The van der Waals surface area contributed by atoms with Gasteiger partial charge in [0.1, 0.15) is 5.75 Å². The number of carbonyl (C=O) groups excluding carboxylic acids is 1. The lowest BCUT2D eigenvalue weighted by Crippen LogP contribution is -2.27. The van der Waals surface area contributed by atoms with Crippen LogP contribution in [0.5, 0.6) is 5.75 Å². The third kappa shape index (κ3) is 3.27. The first-order chi connectivity index (χ1) is 11.1. The van der Waals surface area contributed by atoms with Crippen LogP contribution < -0.4 is 9.64 Å². The van der Waals surface area contributed by atoms with Gasteiger partial charge in [-0.15, -0.1) is 0 Å². The highest BCUT2D eigenvalue weighted by atomic mass is 35.5. The second-order valence-corrected chi connectivity index (χ2v) is 6.82. The summed E-state index contributed by atoms with van der Waals surface area (Å²) in [5.74, 6) is 0.606. The molecule has 0 bridgehead atoms. The van der Waals surface area contributed by atoms with Crippen molar-refractivity contribution in [3.63, 3.8) is 0 Å². The van der Waals surface area contributed by atoms with Gasteiger partial charge < -0.3 is 4.74 Å². The van der Waals surface area contributed by atoms with E-state index in [0.29, 0.717) is 19.9 Å². The Balaban J connectivity index is 1.91. The van der Waals surface area contributed by atoms with Gasteiger partial charge in [-0.05, 0) is 35.9 Å². The summed E-state index contributed by atoms with van der Waals surface area (Å²) in [6.45, 7) is 0. The van der Waals surface area contributed by atoms with E-state index >= 15 is 0 Å². The number of ether oxygens (including phenoxy) is 1. The maximum Gasteiger partial charge on any atom is 0.270 e. The minimum atomic E-state index is -0.163. The molecule has 0 radical (unpaired) electrons. The number of hydrogen-bond donors (Lipinski definition) is 0. The average Bonchev–Trinajstić information content (AvgIpc) is 2.83. The highest BCUT2D eigenvalue weighted by Gasteiger charge is 2.34. The Morgan fingerprint density at radius 1 is 1.17 bits per heavy atom. The molecule has 3 nitrogen and oxygen atoms in total. The molecule has 6 heteroatoms. The van der Waals surface area contributed by atoms with Gasteiger partial charge in [0.25, 0.3) is 5.91 Å². The van der Waals surface area contributed by atoms with Crippen LogP contribution in [0.15, 0.2) is 53.4 Å². The number of para-hydroxylation sites is 1. The van der Waals surface area contributed by atoms with Crippen LogP contribution >= 0.6 is 35.6 Å². The van der Waals surface area contributed by atoms with Crippen LogP contribution in [-0.4, -0.2) is 17.3 Å². The van der Waals surface area contributed by atoms with Crippen molar-refractivity contribution in [3.05, 3.63) is 64.0 Å². The van der Waals surface area contributed by atoms with E-state index in [4.69, 9.17) is 28.6 Å². The maximum atomic E-state index is 12.7. The van der Waals surface area contributed by atoms with E-state index < -0.39 is 0 Å². The first-order valence-corrected chi connectivity index (χ1v) is 8.37. The van der Waals surface area contributed by atoms with Gasteiger partial charge in [0.05, 0.1) is 22.7 Å². The standard InChI is InChI=1S/C17H12ClNO2S2/c1-21-12-8-6-11(7-9-12)10-15-16(20)19(17(22)23-15)14-5-3-2-4-13(14)18/h2-10H,1H3/b15-10+. The third-order valence-electron chi connectivity index (χ3n) is 3.30. The number of hydrogen-bond acceptors (Lipinski definition) is 4. The summed E-state index contributed by atoms with van der Waals surface area (Å²) in [5.41, 5.74) is 1.51. The van der Waals surface area contributed by atoms with E-state index in [0.717, 1.165) is 11.3 Å². The van der Waals surface area contributed by atoms with Crippen LogP contribution in [-0.2, 0) is 4.79 Å². The lowest BCUT2D eigenvalue weighted by atomic mass is 10.2. The summed E-state index contributed by atoms with van der Waals surface area (Å²) in [7, 11) is 1.61. The fraction of sp³-hybridized carbons (Fsp3) is 0.0588. The molecular formula is C17H12ClNO2S2. The number of methoxy groups -OCH3 is 1. The van der Waals surface area contributed by atoms with Crippen LogP contribution in [0.25, 0.3) is 6.08 Å². The van der Waals surface area contributed by atoms with Gasteiger partial charge in [0.2, 0.25) is 0 Å². The molecule has 2 aromatic rings. The van der Waals surface area contributed by atoms with Gasteiger partial charge in [-0.2, -0.15) is 0 Å². The molecule has 1 fully saturated rings. The number of carbonyl (C=O) groups is 1. The molecule has 0 aliphatic carbocycles. The third-order valence-corrected chi connectivity index (χ3v) is 4.92. The number of amides is 1. The largest absolute Gasteiger partial charge is 0.497 e. The van der Waals surface area contributed by atoms with Gasteiger partial charge in [-0.1, -0.05) is 59.8 Å². The van der Waals surface area contributed by atoms with Crippen LogP contribution in [0.4, 0.5) is 5.69 Å². The number of thiocarbonyl (C=S) groups is 1. The van der Waals surface area contributed by atoms with Crippen molar-refractivity contribution in [2.24, 2.45) is 0 Å². The normalized spacial score (nSPS) is 16.3. The Hall–Kier alpha value is -1.82. The zero-order valence-electron chi connectivity index (χ0n) is 12.2. The predicted octanol–water partition coefficient (Wildman–Crippen LogP) is 4.75. The lowest BCUT2D eigenvalue weighted by molar-refractivity contribution is -0.113. The fourth-order valence-electron chi connectivity index (χ4n) is 2.16. The first-order valence-electron chi connectivity index (χ1n) is 6.76. The summed E-state index contributed by atoms with van der Waals surface area (Å²) in [4.78, 5) is 14.7. The van der Waals surface area contributed by atoms with Gasteiger partial charge >= 0.3 is 0 Å². The minimum Gasteiger partial charge on any atom is -0.497 e. The number of halogens is 1. The van der Waals surface area contributed by atoms with Crippen molar-refractivity contribution in [1.82, 2.24) is 0 Å².